The number of hydrogen-bond donors (Lipinski definition) is 2. The molecule has 0 amide bonds. The number of benzene rings is 2. The number of anilines is 4. The molecule has 0 atom stereocenters. The molecule has 0 saturated carbocycles. The lowest BCUT2D eigenvalue weighted by Gasteiger charge is -2.35. The molecule has 7 nitrogen and oxygen atoms in total. The SMILES string of the molecule is CCN1CCN(c2ccc(Nc3ncnc4cc(OC)c(N)cc34)cc2)CC1. The zero-order valence-corrected chi connectivity index (χ0v) is 16.4. The van der Waals surface area contributed by atoms with Gasteiger partial charge in [-0.1, -0.05) is 6.92 Å². The third kappa shape index (κ3) is 3.66. The van der Waals surface area contributed by atoms with Gasteiger partial charge in [-0.25, -0.2) is 9.97 Å². The van der Waals surface area contributed by atoms with Gasteiger partial charge in [0.25, 0.3) is 0 Å². The molecule has 1 aliphatic rings. The molecule has 0 spiro atoms. The summed E-state index contributed by atoms with van der Waals surface area (Å²) in [4.78, 5) is 13.6. The molecule has 0 unspecified atom stereocenters. The number of hydrogen-bond acceptors (Lipinski definition) is 7. The summed E-state index contributed by atoms with van der Waals surface area (Å²) in [7, 11) is 1.60. The summed E-state index contributed by atoms with van der Waals surface area (Å²) in [6, 6.07) is 12.2. The fourth-order valence-corrected chi connectivity index (χ4v) is 3.59. The van der Waals surface area contributed by atoms with Gasteiger partial charge in [-0.3, -0.25) is 0 Å². The maximum absolute atomic E-state index is 6.06. The number of piperazine rings is 1. The van der Waals surface area contributed by atoms with Crippen molar-refractivity contribution in [2.24, 2.45) is 0 Å². The van der Waals surface area contributed by atoms with Gasteiger partial charge in [0, 0.05) is 49.0 Å². The highest BCUT2D eigenvalue weighted by molar-refractivity contribution is 5.94. The first-order valence-corrected chi connectivity index (χ1v) is 9.60. The Kier molecular flexibility index (Phi) is 5.16. The first-order valence-electron chi connectivity index (χ1n) is 9.60. The number of nitrogens with zero attached hydrogens (tertiary/aromatic N) is 4. The van der Waals surface area contributed by atoms with Crippen molar-refractivity contribution in [2.75, 3.05) is 55.8 Å². The summed E-state index contributed by atoms with van der Waals surface area (Å²) in [6.07, 6.45) is 1.54. The van der Waals surface area contributed by atoms with Crippen LogP contribution in [0.1, 0.15) is 6.92 Å². The van der Waals surface area contributed by atoms with E-state index >= 15 is 0 Å². The fourth-order valence-electron chi connectivity index (χ4n) is 3.59. The molecule has 2 aromatic carbocycles. The predicted molar refractivity (Wildman–Crippen MR) is 115 cm³/mol. The number of ether oxygens (including phenoxy) is 1. The maximum atomic E-state index is 6.06. The Bertz CT molecular complexity index is 951. The van der Waals surface area contributed by atoms with Crippen LogP contribution in [0.4, 0.5) is 22.9 Å². The summed E-state index contributed by atoms with van der Waals surface area (Å²) in [5, 5.41) is 4.25. The van der Waals surface area contributed by atoms with E-state index in [4.69, 9.17) is 10.5 Å². The average Bonchev–Trinajstić information content (AvgIpc) is 2.74. The molecule has 3 N–H and O–H groups in total. The van der Waals surface area contributed by atoms with Gasteiger partial charge in [-0.15, -0.1) is 0 Å². The Morgan fingerprint density at radius 3 is 2.50 bits per heavy atom. The highest BCUT2D eigenvalue weighted by Gasteiger charge is 2.16. The summed E-state index contributed by atoms with van der Waals surface area (Å²) < 4.78 is 5.28. The first-order chi connectivity index (χ1) is 13.7. The smallest absolute Gasteiger partial charge is 0.143 e. The lowest BCUT2D eigenvalue weighted by molar-refractivity contribution is 0.271. The molecule has 1 aliphatic heterocycles. The molecule has 146 valence electrons. The van der Waals surface area contributed by atoms with Gasteiger partial charge in [0.2, 0.25) is 0 Å². The van der Waals surface area contributed by atoms with Gasteiger partial charge in [-0.05, 0) is 36.9 Å². The number of nitrogen functional groups attached to an aromatic ring is 1. The van der Waals surface area contributed by atoms with Gasteiger partial charge in [-0.2, -0.15) is 0 Å². The molecule has 4 rings (SSSR count). The molecule has 28 heavy (non-hydrogen) atoms. The second-order valence-electron chi connectivity index (χ2n) is 6.93. The Morgan fingerprint density at radius 2 is 1.82 bits per heavy atom. The zero-order chi connectivity index (χ0) is 19.5. The molecule has 7 heteroatoms. The molecular weight excluding hydrogens is 352 g/mol. The van der Waals surface area contributed by atoms with Crippen molar-refractivity contribution < 1.29 is 4.74 Å². The number of fused-ring (bicyclic) bond motifs is 1. The zero-order valence-electron chi connectivity index (χ0n) is 16.4. The van der Waals surface area contributed by atoms with E-state index in [0.717, 1.165) is 55.1 Å². The number of rotatable bonds is 5. The molecule has 0 aliphatic carbocycles. The highest BCUT2D eigenvalue weighted by atomic mass is 16.5. The van der Waals surface area contributed by atoms with Crippen LogP contribution in [0.15, 0.2) is 42.7 Å². The van der Waals surface area contributed by atoms with Gasteiger partial charge in [0.1, 0.15) is 17.9 Å². The maximum Gasteiger partial charge on any atom is 0.143 e. The van der Waals surface area contributed by atoms with Crippen LogP contribution >= 0.6 is 0 Å². The number of nitrogens with two attached hydrogens (primary N) is 1. The Balaban J connectivity index is 1.53. The minimum atomic E-state index is 0.564. The molecular formula is C21H26N6O. The van der Waals surface area contributed by atoms with Crippen LogP contribution in [0.25, 0.3) is 10.9 Å². The number of likely N-dealkylation sites (N-methyl/N-ethyl adjacent to an activating group) is 1. The lowest BCUT2D eigenvalue weighted by atomic mass is 10.2. The minimum Gasteiger partial charge on any atom is -0.495 e. The van der Waals surface area contributed by atoms with Crippen LogP contribution in [0.5, 0.6) is 5.75 Å². The van der Waals surface area contributed by atoms with Crippen molar-refractivity contribution in [1.82, 2.24) is 14.9 Å². The number of methoxy groups -OCH3 is 1. The molecule has 3 aromatic rings. The predicted octanol–water partition coefficient (Wildman–Crippen LogP) is 3.11. The van der Waals surface area contributed by atoms with Gasteiger partial charge in [0.15, 0.2) is 0 Å². The second-order valence-corrected chi connectivity index (χ2v) is 6.93. The van der Waals surface area contributed by atoms with Crippen LogP contribution in [-0.4, -0.2) is 54.7 Å². The van der Waals surface area contributed by atoms with E-state index in [9.17, 15) is 0 Å². The van der Waals surface area contributed by atoms with Crippen molar-refractivity contribution >= 4 is 33.8 Å². The summed E-state index contributed by atoms with van der Waals surface area (Å²) in [5.74, 6) is 1.34. The quantitative estimate of drug-likeness (QED) is 0.660. The average molecular weight is 378 g/mol. The third-order valence-electron chi connectivity index (χ3n) is 5.30. The second kappa shape index (κ2) is 7.90. The molecule has 0 radical (unpaired) electrons. The van der Waals surface area contributed by atoms with Crippen molar-refractivity contribution in [3.63, 3.8) is 0 Å². The molecule has 0 bridgehead atoms. The number of nitrogens with one attached hydrogen (secondary N) is 1. The Hall–Kier alpha value is -3.06. The van der Waals surface area contributed by atoms with Gasteiger partial charge in [0.05, 0.1) is 18.3 Å². The summed E-state index contributed by atoms with van der Waals surface area (Å²) >= 11 is 0. The van der Waals surface area contributed by atoms with Gasteiger partial charge >= 0.3 is 0 Å². The minimum absolute atomic E-state index is 0.564. The monoisotopic (exact) mass is 378 g/mol. The lowest BCUT2D eigenvalue weighted by Crippen LogP contribution is -2.46. The van der Waals surface area contributed by atoms with E-state index in [0.29, 0.717) is 11.4 Å². The summed E-state index contributed by atoms with van der Waals surface area (Å²) in [5.41, 5.74) is 9.64. The molecule has 2 heterocycles. The van der Waals surface area contributed by atoms with E-state index in [1.807, 2.05) is 12.1 Å². The highest BCUT2D eigenvalue weighted by Crippen LogP contribution is 2.31. The van der Waals surface area contributed by atoms with Crippen LogP contribution in [0, 0.1) is 0 Å². The largest absolute Gasteiger partial charge is 0.495 e. The molecule has 1 saturated heterocycles. The van der Waals surface area contributed by atoms with Crippen LogP contribution in [0.3, 0.4) is 0 Å². The van der Waals surface area contributed by atoms with Crippen molar-refractivity contribution in [3.8, 4) is 5.75 Å². The first kappa shape index (κ1) is 18.3. The van der Waals surface area contributed by atoms with E-state index in [1.54, 1.807) is 13.4 Å². The van der Waals surface area contributed by atoms with E-state index in [1.165, 1.54) is 5.69 Å². The van der Waals surface area contributed by atoms with Crippen molar-refractivity contribution in [1.29, 1.82) is 0 Å². The third-order valence-corrected chi connectivity index (χ3v) is 5.30. The van der Waals surface area contributed by atoms with E-state index in [2.05, 4.69) is 56.3 Å². The topological polar surface area (TPSA) is 79.5 Å². The summed E-state index contributed by atoms with van der Waals surface area (Å²) in [6.45, 7) is 7.72. The van der Waals surface area contributed by atoms with Crippen molar-refractivity contribution in [2.45, 2.75) is 6.92 Å². The van der Waals surface area contributed by atoms with Crippen LogP contribution in [-0.2, 0) is 0 Å². The Morgan fingerprint density at radius 1 is 1.07 bits per heavy atom. The van der Waals surface area contributed by atoms with E-state index < -0.39 is 0 Å². The van der Waals surface area contributed by atoms with Gasteiger partial charge < -0.3 is 25.6 Å². The molecule has 1 fully saturated rings. The van der Waals surface area contributed by atoms with Crippen LogP contribution < -0.4 is 20.7 Å². The number of aromatic nitrogens is 2. The normalized spacial score (nSPS) is 15.0. The van der Waals surface area contributed by atoms with Crippen molar-refractivity contribution in [3.05, 3.63) is 42.7 Å². The van der Waals surface area contributed by atoms with E-state index in [-0.39, 0.29) is 0 Å². The molecule has 1 aromatic heterocycles. The standard InChI is InChI=1S/C21H26N6O/c1-3-26-8-10-27(11-9-26)16-6-4-15(5-7-16)25-21-17-12-18(22)20(28-2)13-19(17)23-14-24-21/h4-7,12-14H,3,8-11,22H2,1-2H3,(H,23,24,25). The fraction of sp³-hybridized carbons (Fsp3) is 0.333. The Labute approximate surface area is 165 Å². The van der Waals surface area contributed by atoms with Crippen LogP contribution in [0.2, 0.25) is 0 Å².